The molecule has 1 atom stereocenters. The van der Waals surface area contributed by atoms with Crippen LogP contribution in [-0.2, 0) is 13.6 Å². The molecule has 7 heteroatoms. The van der Waals surface area contributed by atoms with Crippen molar-refractivity contribution in [1.29, 1.82) is 0 Å². The Morgan fingerprint density at radius 2 is 2.21 bits per heavy atom. The van der Waals surface area contributed by atoms with Crippen LogP contribution in [0.15, 0.2) is 23.2 Å². The Morgan fingerprint density at radius 1 is 1.47 bits per heavy atom. The Kier molecular flexibility index (Phi) is 4.38. The number of nitrogens with zero attached hydrogens (tertiary/aromatic N) is 5. The van der Waals surface area contributed by atoms with Crippen molar-refractivity contribution in [2.45, 2.75) is 12.6 Å². The molecule has 0 radical (unpaired) electrons. The topological polar surface area (TPSA) is 64.9 Å². The van der Waals surface area contributed by atoms with E-state index >= 15 is 0 Å². The first-order chi connectivity index (χ1) is 8.99. The maximum Gasteiger partial charge on any atom is 0.0947 e. The van der Waals surface area contributed by atoms with Gasteiger partial charge in [-0.2, -0.15) is 5.10 Å². The minimum absolute atomic E-state index is 0.278. The average molecular weight is 327 g/mol. The van der Waals surface area contributed by atoms with Crippen molar-refractivity contribution in [2.75, 3.05) is 20.6 Å². The van der Waals surface area contributed by atoms with Crippen LogP contribution in [0.5, 0.6) is 0 Å². The summed E-state index contributed by atoms with van der Waals surface area (Å²) in [5, 5.41) is 4.37. The summed E-state index contributed by atoms with van der Waals surface area (Å²) < 4.78 is 4.75. The minimum atomic E-state index is -0.278. The van der Waals surface area contributed by atoms with Gasteiger partial charge >= 0.3 is 0 Å². The van der Waals surface area contributed by atoms with Crippen molar-refractivity contribution in [3.63, 3.8) is 0 Å². The predicted molar refractivity (Wildman–Crippen MR) is 77.7 cm³/mol. The molecule has 0 aliphatic rings. The van der Waals surface area contributed by atoms with E-state index in [2.05, 4.69) is 30.9 Å². The summed E-state index contributed by atoms with van der Waals surface area (Å²) in [4.78, 5) is 6.43. The first kappa shape index (κ1) is 14.2. The highest BCUT2D eigenvalue weighted by Gasteiger charge is 2.20. The molecule has 19 heavy (non-hydrogen) atoms. The van der Waals surface area contributed by atoms with E-state index in [0.29, 0.717) is 0 Å². The number of imidazole rings is 1. The molecule has 2 aromatic heterocycles. The van der Waals surface area contributed by atoms with Gasteiger partial charge in [-0.25, -0.2) is 4.98 Å². The second-order valence-electron chi connectivity index (χ2n) is 4.85. The SMILES string of the molecule is CN(C)CCn1ncc(Br)c1C(N)c1cn(C)cn1. The monoisotopic (exact) mass is 326 g/mol. The number of rotatable bonds is 5. The summed E-state index contributed by atoms with van der Waals surface area (Å²) in [5.41, 5.74) is 8.10. The number of likely N-dealkylation sites (N-methyl/N-ethyl adjacent to an activating group) is 1. The molecule has 0 aliphatic heterocycles. The zero-order valence-electron chi connectivity index (χ0n) is 11.4. The highest BCUT2D eigenvalue weighted by molar-refractivity contribution is 9.10. The van der Waals surface area contributed by atoms with Gasteiger partial charge in [0.15, 0.2) is 0 Å². The smallest absolute Gasteiger partial charge is 0.0947 e. The summed E-state index contributed by atoms with van der Waals surface area (Å²) >= 11 is 3.52. The fraction of sp³-hybridized carbons (Fsp3) is 0.500. The molecule has 0 saturated carbocycles. The lowest BCUT2D eigenvalue weighted by Crippen LogP contribution is -2.23. The van der Waals surface area contributed by atoms with Crippen LogP contribution in [0.2, 0.25) is 0 Å². The van der Waals surface area contributed by atoms with E-state index in [1.54, 1.807) is 12.5 Å². The summed E-state index contributed by atoms with van der Waals surface area (Å²) in [6.45, 7) is 1.71. The van der Waals surface area contributed by atoms with E-state index in [9.17, 15) is 0 Å². The molecule has 0 fully saturated rings. The van der Waals surface area contributed by atoms with E-state index in [0.717, 1.165) is 29.0 Å². The Hall–Kier alpha value is -1.18. The first-order valence-electron chi connectivity index (χ1n) is 6.08. The lowest BCUT2D eigenvalue weighted by Gasteiger charge is -2.15. The van der Waals surface area contributed by atoms with Crippen molar-refractivity contribution in [2.24, 2.45) is 12.8 Å². The Morgan fingerprint density at radius 3 is 2.79 bits per heavy atom. The van der Waals surface area contributed by atoms with Crippen LogP contribution in [0.25, 0.3) is 0 Å². The summed E-state index contributed by atoms with van der Waals surface area (Å²) in [7, 11) is 6.01. The second-order valence-corrected chi connectivity index (χ2v) is 5.70. The third-order valence-corrected chi connectivity index (χ3v) is 3.54. The van der Waals surface area contributed by atoms with E-state index in [1.165, 1.54) is 0 Å². The predicted octanol–water partition coefficient (Wildman–Crippen LogP) is 0.989. The highest BCUT2D eigenvalue weighted by Crippen LogP contribution is 2.25. The van der Waals surface area contributed by atoms with Gasteiger partial charge < -0.3 is 15.2 Å². The molecule has 0 aromatic carbocycles. The number of hydrogen-bond acceptors (Lipinski definition) is 4. The first-order valence-corrected chi connectivity index (χ1v) is 6.87. The Labute approximate surface area is 121 Å². The molecule has 2 aromatic rings. The third-order valence-electron chi connectivity index (χ3n) is 2.93. The van der Waals surface area contributed by atoms with Gasteiger partial charge in [0.2, 0.25) is 0 Å². The molecule has 0 aliphatic carbocycles. The molecule has 2 N–H and O–H groups in total. The van der Waals surface area contributed by atoms with Gasteiger partial charge in [0.25, 0.3) is 0 Å². The minimum Gasteiger partial charge on any atom is -0.340 e. The molecule has 0 saturated heterocycles. The normalized spacial score (nSPS) is 13.2. The molecular formula is C12H19BrN6. The van der Waals surface area contributed by atoms with Gasteiger partial charge in [0, 0.05) is 19.8 Å². The van der Waals surface area contributed by atoms with Crippen LogP contribution in [0.3, 0.4) is 0 Å². The van der Waals surface area contributed by atoms with Crippen LogP contribution in [-0.4, -0.2) is 44.9 Å². The van der Waals surface area contributed by atoms with E-state index < -0.39 is 0 Å². The lowest BCUT2D eigenvalue weighted by atomic mass is 10.1. The zero-order valence-corrected chi connectivity index (χ0v) is 13.0. The Balaban J connectivity index is 2.25. The van der Waals surface area contributed by atoms with Crippen molar-refractivity contribution >= 4 is 15.9 Å². The van der Waals surface area contributed by atoms with E-state index in [-0.39, 0.29) is 6.04 Å². The number of halogens is 1. The van der Waals surface area contributed by atoms with Gasteiger partial charge in [-0.05, 0) is 30.0 Å². The fourth-order valence-electron chi connectivity index (χ4n) is 1.89. The van der Waals surface area contributed by atoms with Gasteiger partial charge in [-0.1, -0.05) is 0 Å². The van der Waals surface area contributed by atoms with Crippen molar-refractivity contribution in [1.82, 2.24) is 24.2 Å². The molecule has 0 spiro atoms. The summed E-state index contributed by atoms with van der Waals surface area (Å²) in [6.07, 6.45) is 5.47. The third kappa shape index (κ3) is 3.23. The second kappa shape index (κ2) is 5.85. The quantitative estimate of drug-likeness (QED) is 0.889. The van der Waals surface area contributed by atoms with E-state index in [1.807, 2.05) is 36.6 Å². The maximum absolute atomic E-state index is 6.30. The van der Waals surface area contributed by atoms with Crippen LogP contribution in [0.1, 0.15) is 17.4 Å². The molecule has 0 bridgehead atoms. The van der Waals surface area contributed by atoms with Gasteiger partial charge in [-0.15, -0.1) is 0 Å². The Bertz CT molecular complexity index is 544. The van der Waals surface area contributed by atoms with Crippen molar-refractivity contribution in [3.05, 3.63) is 34.6 Å². The molecule has 0 amide bonds. The molecule has 1 unspecified atom stereocenters. The summed E-state index contributed by atoms with van der Waals surface area (Å²) in [5.74, 6) is 0. The standard InChI is InChI=1S/C12H19BrN6/c1-17(2)4-5-19-12(9(13)6-16-19)11(14)10-7-18(3)8-15-10/h6-8,11H,4-5,14H2,1-3H3. The van der Waals surface area contributed by atoms with Crippen molar-refractivity contribution in [3.8, 4) is 0 Å². The zero-order chi connectivity index (χ0) is 14.0. The number of aromatic nitrogens is 4. The molecule has 2 heterocycles. The largest absolute Gasteiger partial charge is 0.340 e. The van der Waals surface area contributed by atoms with Crippen LogP contribution in [0.4, 0.5) is 0 Å². The maximum atomic E-state index is 6.30. The average Bonchev–Trinajstić information content (AvgIpc) is 2.92. The number of aryl methyl sites for hydroxylation is 1. The van der Waals surface area contributed by atoms with Gasteiger partial charge in [0.1, 0.15) is 0 Å². The van der Waals surface area contributed by atoms with Crippen molar-refractivity contribution < 1.29 is 0 Å². The molecular weight excluding hydrogens is 308 g/mol. The molecule has 2 rings (SSSR count). The van der Waals surface area contributed by atoms with Crippen LogP contribution >= 0.6 is 15.9 Å². The van der Waals surface area contributed by atoms with Crippen LogP contribution in [0, 0.1) is 0 Å². The number of hydrogen-bond donors (Lipinski definition) is 1. The van der Waals surface area contributed by atoms with Gasteiger partial charge in [0.05, 0.1) is 41.0 Å². The van der Waals surface area contributed by atoms with E-state index in [4.69, 9.17) is 5.73 Å². The number of nitrogens with two attached hydrogens (primary N) is 1. The van der Waals surface area contributed by atoms with Gasteiger partial charge in [-0.3, -0.25) is 4.68 Å². The molecule has 6 nitrogen and oxygen atoms in total. The van der Waals surface area contributed by atoms with Crippen LogP contribution < -0.4 is 5.73 Å². The summed E-state index contributed by atoms with van der Waals surface area (Å²) in [6, 6.07) is -0.278. The fourth-order valence-corrected chi connectivity index (χ4v) is 2.43. The lowest BCUT2D eigenvalue weighted by molar-refractivity contribution is 0.367. The highest BCUT2D eigenvalue weighted by atomic mass is 79.9. The molecule has 104 valence electrons.